The van der Waals surface area contributed by atoms with Gasteiger partial charge < -0.3 is 5.32 Å². The minimum absolute atomic E-state index is 0.00541. The van der Waals surface area contributed by atoms with Crippen molar-refractivity contribution in [2.75, 3.05) is 5.32 Å². The van der Waals surface area contributed by atoms with Crippen molar-refractivity contribution in [2.45, 2.75) is 19.4 Å². The van der Waals surface area contributed by atoms with Crippen LogP contribution in [0.25, 0.3) is 0 Å². The number of aryl methyl sites for hydroxylation is 1. The van der Waals surface area contributed by atoms with Crippen LogP contribution in [0.4, 0.5) is 5.69 Å². The van der Waals surface area contributed by atoms with Gasteiger partial charge in [-0.1, -0.05) is 12.1 Å². The van der Waals surface area contributed by atoms with E-state index >= 15 is 0 Å². The summed E-state index contributed by atoms with van der Waals surface area (Å²) < 4.78 is 1.75. The quantitative estimate of drug-likeness (QED) is 0.758. The zero-order valence-electron chi connectivity index (χ0n) is 12.6. The van der Waals surface area contributed by atoms with Gasteiger partial charge in [-0.2, -0.15) is 5.10 Å². The number of carbonyl (C=O) groups is 1. The zero-order valence-corrected chi connectivity index (χ0v) is 12.6. The summed E-state index contributed by atoms with van der Waals surface area (Å²) in [6.45, 7) is 0.663. The lowest BCUT2D eigenvalue weighted by Gasteiger charge is -2.07. The van der Waals surface area contributed by atoms with Gasteiger partial charge >= 0.3 is 0 Å². The number of pyridine rings is 1. The van der Waals surface area contributed by atoms with Gasteiger partial charge in [-0.15, -0.1) is 0 Å². The van der Waals surface area contributed by atoms with E-state index < -0.39 is 0 Å². The van der Waals surface area contributed by atoms with E-state index in [4.69, 9.17) is 0 Å². The molecule has 2 aromatic heterocycles. The van der Waals surface area contributed by atoms with E-state index in [1.807, 2.05) is 36.4 Å². The lowest BCUT2D eigenvalue weighted by molar-refractivity contribution is -0.116. The number of hydrogen-bond acceptors (Lipinski definition) is 4. The van der Waals surface area contributed by atoms with Crippen LogP contribution in [-0.2, 0) is 17.8 Å². The molecular formula is C17H17N5O. The van der Waals surface area contributed by atoms with E-state index in [2.05, 4.69) is 20.4 Å². The van der Waals surface area contributed by atoms with Crippen LogP contribution in [-0.4, -0.2) is 25.7 Å². The highest BCUT2D eigenvalue weighted by molar-refractivity contribution is 5.90. The number of rotatable bonds is 6. The van der Waals surface area contributed by atoms with E-state index in [9.17, 15) is 4.79 Å². The predicted octanol–water partition coefficient (Wildman–Crippen LogP) is 2.29. The molecule has 0 spiro atoms. The first-order chi connectivity index (χ1) is 11.3. The maximum atomic E-state index is 12.0. The standard InChI is InChI=1S/C17H17N5O/c23-17(6-3-14-7-9-18-10-8-14)21-16-4-1-15(2-5-16)11-22-13-19-12-20-22/h1-2,4-5,7-10,12-13H,3,6,11H2,(H,21,23). The van der Waals surface area contributed by atoms with Crippen molar-refractivity contribution in [2.24, 2.45) is 0 Å². The number of nitrogens with one attached hydrogen (secondary N) is 1. The maximum Gasteiger partial charge on any atom is 0.224 e. The Labute approximate surface area is 134 Å². The van der Waals surface area contributed by atoms with E-state index in [-0.39, 0.29) is 5.91 Å². The van der Waals surface area contributed by atoms with Crippen LogP contribution in [0.2, 0.25) is 0 Å². The minimum Gasteiger partial charge on any atom is -0.326 e. The van der Waals surface area contributed by atoms with Crippen LogP contribution in [0.5, 0.6) is 0 Å². The molecule has 0 atom stereocenters. The Bertz CT molecular complexity index is 738. The van der Waals surface area contributed by atoms with Crippen LogP contribution >= 0.6 is 0 Å². The number of benzene rings is 1. The number of carbonyl (C=O) groups excluding carboxylic acids is 1. The Morgan fingerprint density at radius 3 is 2.48 bits per heavy atom. The van der Waals surface area contributed by atoms with Crippen molar-refractivity contribution >= 4 is 11.6 Å². The van der Waals surface area contributed by atoms with Crippen molar-refractivity contribution in [1.82, 2.24) is 19.7 Å². The number of aromatic nitrogens is 4. The Morgan fingerprint density at radius 2 is 1.78 bits per heavy atom. The Morgan fingerprint density at radius 1 is 1.00 bits per heavy atom. The molecule has 116 valence electrons. The molecule has 3 aromatic rings. The second-order valence-corrected chi connectivity index (χ2v) is 5.19. The highest BCUT2D eigenvalue weighted by Crippen LogP contribution is 2.11. The number of nitrogens with zero attached hydrogens (tertiary/aromatic N) is 4. The average molecular weight is 307 g/mol. The van der Waals surface area contributed by atoms with Crippen LogP contribution in [0, 0.1) is 0 Å². The molecule has 0 aliphatic rings. The second kappa shape index (κ2) is 7.31. The first-order valence-corrected chi connectivity index (χ1v) is 7.40. The fourth-order valence-corrected chi connectivity index (χ4v) is 2.23. The summed E-state index contributed by atoms with van der Waals surface area (Å²) in [6, 6.07) is 11.6. The molecule has 0 aliphatic heterocycles. The van der Waals surface area contributed by atoms with Gasteiger partial charge in [0.15, 0.2) is 0 Å². The minimum atomic E-state index is 0.00541. The normalized spacial score (nSPS) is 10.4. The van der Waals surface area contributed by atoms with Gasteiger partial charge in [0, 0.05) is 24.5 Å². The largest absolute Gasteiger partial charge is 0.326 e. The molecule has 6 nitrogen and oxygen atoms in total. The summed E-state index contributed by atoms with van der Waals surface area (Å²) in [6.07, 6.45) is 7.82. The van der Waals surface area contributed by atoms with Gasteiger partial charge in [-0.25, -0.2) is 9.67 Å². The molecule has 1 aromatic carbocycles. The Balaban J connectivity index is 1.50. The van der Waals surface area contributed by atoms with Crippen molar-refractivity contribution in [3.63, 3.8) is 0 Å². The Kier molecular flexibility index (Phi) is 4.73. The summed E-state index contributed by atoms with van der Waals surface area (Å²) in [4.78, 5) is 19.9. The summed E-state index contributed by atoms with van der Waals surface area (Å²) in [5, 5.41) is 6.98. The van der Waals surface area contributed by atoms with Crippen molar-refractivity contribution in [3.8, 4) is 0 Å². The third kappa shape index (κ3) is 4.47. The predicted molar refractivity (Wildman–Crippen MR) is 86.8 cm³/mol. The van der Waals surface area contributed by atoms with Gasteiger partial charge in [-0.05, 0) is 41.8 Å². The second-order valence-electron chi connectivity index (χ2n) is 5.19. The van der Waals surface area contributed by atoms with E-state index in [1.54, 1.807) is 23.4 Å². The summed E-state index contributed by atoms with van der Waals surface area (Å²) in [5.41, 5.74) is 3.01. The molecule has 3 rings (SSSR count). The molecule has 0 fully saturated rings. The molecule has 0 saturated heterocycles. The monoisotopic (exact) mass is 307 g/mol. The van der Waals surface area contributed by atoms with Gasteiger partial charge in [-0.3, -0.25) is 9.78 Å². The van der Waals surface area contributed by atoms with Crippen LogP contribution in [0.3, 0.4) is 0 Å². The first kappa shape index (κ1) is 14.9. The summed E-state index contributed by atoms with van der Waals surface area (Å²) >= 11 is 0. The molecule has 0 radical (unpaired) electrons. The van der Waals surface area contributed by atoms with Crippen LogP contribution < -0.4 is 5.32 Å². The summed E-state index contributed by atoms with van der Waals surface area (Å²) in [7, 11) is 0. The molecule has 0 bridgehead atoms. The van der Waals surface area contributed by atoms with E-state index in [0.29, 0.717) is 19.4 Å². The van der Waals surface area contributed by atoms with E-state index in [1.165, 1.54) is 6.33 Å². The SMILES string of the molecule is O=C(CCc1ccncc1)Nc1ccc(Cn2cncn2)cc1. The van der Waals surface area contributed by atoms with Gasteiger partial charge in [0.25, 0.3) is 0 Å². The molecule has 1 N–H and O–H groups in total. The lowest BCUT2D eigenvalue weighted by atomic mass is 10.1. The van der Waals surface area contributed by atoms with Crippen molar-refractivity contribution in [3.05, 3.63) is 72.6 Å². The maximum absolute atomic E-state index is 12.0. The van der Waals surface area contributed by atoms with Crippen molar-refractivity contribution < 1.29 is 4.79 Å². The smallest absolute Gasteiger partial charge is 0.224 e. The fraction of sp³-hybridized carbons (Fsp3) is 0.176. The molecule has 1 amide bonds. The van der Waals surface area contributed by atoms with Crippen LogP contribution in [0.15, 0.2) is 61.4 Å². The third-order valence-corrected chi connectivity index (χ3v) is 3.44. The lowest BCUT2D eigenvalue weighted by Crippen LogP contribution is -2.12. The van der Waals surface area contributed by atoms with Gasteiger partial charge in [0.2, 0.25) is 5.91 Å². The van der Waals surface area contributed by atoms with Crippen molar-refractivity contribution in [1.29, 1.82) is 0 Å². The molecule has 6 heteroatoms. The number of anilines is 1. The average Bonchev–Trinajstić information content (AvgIpc) is 3.09. The van der Waals surface area contributed by atoms with Crippen LogP contribution in [0.1, 0.15) is 17.5 Å². The molecule has 0 unspecified atom stereocenters. The number of hydrogen-bond donors (Lipinski definition) is 1. The first-order valence-electron chi connectivity index (χ1n) is 7.40. The van der Waals surface area contributed by atoms with Gasteiger partial charge in [0.1, 0.15) is 12.7 Å². The molecule has 2 heterocycles. The fourth-order valence-electron chi connectivity index (χ4n) is 2.23. The highest BCUT2D eigenvalue weighted by atomic mass is 16.1. The third-order valence-electron chi connectivity index (χ3n) is 3.44. The molecule has 23 heavy (non-hydrogen) atoms. The molecule has 0 aliphatic carbocycles. The zero-order chi connectivity index (χ0) is 15.9. The highest BCUT2D eigenvalue weighted by Gasteiger charge is 2.04. The topological polar surface area (TPSA) is 72.7 Å². The molecular weight excluding hydrogens is 290 g/mol. The van der Waals surface area contributed by atoms with E-state index in [0.717, 1.165) is 16.8 Å². The van der Waals surface area contributed by atoms with Gasteiger partial charge in [0.05, 0.1) is 6.54 Å². The summed E-state index contributed by atoms with van der Waals surface area (Å²) in [5.74, 6) is 0.00541. The number of amides is 1. The molecule has 0 saturated carbocycles. The Hall–Kier alpha value is -3.02.